The number of aliphatic hydroxyl groups is 1. The van der Waals surface area contributed by atoms with E-state index in [9.17, 15) is 14.7 Å². The van der Waals surface area contributed by atoms with Crippen molar-refractivity contribution in [3.63, 3.8) is 0 Å². The van der Waals surface area contributed by atoms with E-state index in [2.05, 4.69) is 10.6 Å². The number of hydrogen-bond acceptors (Lipinski definition) is 4. The molecule has 0 saturated carbocycles. The highest BCUT2D eigenvalue weighted by molar-refractivity contribution is 7.98. The second kappa shape index (κ2) is 6.25. The van der Waals surface area contributed by atoms with Crippen LogP contribution in [0.25, 0.3) is 0 Å². The van der Waals surface area contributed by atoms with Crippen LogP contribution in [0.4, 0.5) is 4.79 Å². The van der Waals surface area contributed by atoms with E-state index in [1.54, 1.807) is 23.6 Å². The number of thioether (sulfide) groups is 1. The number of hydrogen-bond donors (Lipinski definition) is 3. The van der Waals surface area contributed by atoms with Gasteiger partial charge in [0.05, 0.1) is 30.0 Å². The summed E-state index contributed by atoms with van der Waals surface area (Å²) in [6.45, 7) is 2.21. The van der Waals surface area contributed by atoms with Crippen LogP contribution in [0.3, 0.4) is 0 Å². The molecule has 6 nitrogen and oxygen atoms in total. The fraction of sp³-hybridized carbons (Fsp3) is 0.375. The first-order chi connectivity index (χ1) is 11.0. The molecule has 0 spiro atoms. The smallest absolute Gasteiger partial charge is 0.319 e. The Balaban J connectivity index is 1.92. The van der Waals surface area contributed by atoms with Crippen LogP contribution in [-0.4, -0.2) is 47.4 Å². The van der Waals surface area contributed by atoms with E-state index >= 15 is 0 Å². The Morgan fingerprint density at radius 2 is 2.04 bits per heavy atom. The molecule has 2 aliphatic rings. The quantitative estimate of drug-likeness (QED) is 0.724. The lowest BCUT2D eigenvalue weighted by molar-refractivity contribution is -0.126. The molecule has 7 heteroatoms. The van der Waals surface area contributed by atoms with Crippen molar-refractivity contribution in [2.45, 2.75) is 24.0 Å². The summed E-state index contributed by atoms with van der Waals surface area (Å²) in [5.74, 6) is -0.146. The van der Waals surface area contributed by atoms with Crippen LogP contribution in [-0.2, 0) is 4.79 Å². The van der Waals surface area contributed by atoms with E-state index in [0.717, 1.165) is 10.5 Å². The lowest BCUT2D eigenvalue weighted by Crippen LogP contribution is -2.44. The zero-order valence-electron chi connectivity index (χ0n) is 13.0. The van der Waals surface area contributed by atoms with Crippen LogP contribution < -0.4 is 10.6 Å². The highest BCUT2D eigenvalue weighted by atomic mass is 32.2. The molecule has 2 aliphatic heterocycles. The van der Waals surface area contributed by atoms with Gasteiger partial charge in [0.25, 0.3) is 5.91 Å². The minimum atomic E-state index is -0.608. The van der Waals surface area contributed by atoms with Crippen LogP contribution >= 0.6 is 11.8 Å². The Kier molecular flexibility index (Phi) is 4.32. The van der Waals surface area contributed by atoms with Gasteiger partial charge < -0.3 is 20.6 Å². The van der Waals surface area contributed by atoms with E-state index in [1.807, 2.05) is 30.5 Å². The van der Waals surface area contributed by atoms with Gasteiger partial charge in [-0.05, 0) is 30.9 Å². The first kappa shape index (κ1) is 15.9. The van der Waals surface area contributed by atoms with E-state index < -0.39 is 12.1 Å². The highest BCUT2D eigenvalue weighted by Gasteiger charge is 2.40. The minimum Gasteiger partial charge on any atom is -0.392 e. The molecule has 1 aromatic rings. The van der Waals surface area contributed by atoms with E-state index in [0.29, 0.717) is 17.8 Å². The SMILES string of the molecule is CSc1ccc([C@@H]2NC(=O)NC3=C2C(=O)N(C[C@@H](C)O)C3)cc1. The molecule has 0 aromatic heterocycles. The van der Waals surface area contributed by atoms with Crippen molar-refractivity contribution in [1.29, 1.82) is 0 Å². The fourth-order valence-electron chi connectivity index (χ4n) is 2.94. The second-order valence-electron chi connectivity index (χ2n) is 5.73. The first-order valence-electron chi connectivity index (χ1n) is 7.41. The number of β-amino-alcohol motifs (C(OH)–C–C–N with tert-alkyl or cyclic N) is 1. The summed E-state index contributed by atoms with van der Waals surface area (Å²) in [5.41, 5.74) is 2.05. The van der Waals surface area contributed by atoms with Crippen LogP contribution in [0.15, 0.2) is 40.4 Å². The number of carbonyl (C=O) groups is 2. The van der Waals surface area contributed by atoms with Gasteiger partial charge in [-0.1, -0.05) is 12.1 Å². The molecule has 3 rings (SSSR count). The summed E-state index contributed by atoms with van der Waals surface area (Å²) in [5, 5.41) is 15.1. The van der Waals surface area contributed by atoms with E-state index in [-0.39, 0.29) is 18.5 Å². The lowest BCUT2D eigenvalue weighted by atomic mass is 9.96. The third kappa shape index (κ3) is 3.07. The van der Waals surface area contributed by atoms with Gasteiger partial charge in [-0.25, -0.2) is 4.79 Å². The molecule has 3 N–H and O–H groups in total. The maximum Gasteiger partial charge on any atom is 0.319 e. The molecule has 3 amide bonds. The zero-order chi connectivity index (χ0) is 16.6. The number of benzene rings is 1. The molecule has 122 valence electrons. The highest BCUT2D eigenvalue weighted by Crippen LogP contribution is 2.33. The van der Waals surface area contributed by atoms with E-state index in [4.69, 9.17) is 0 Å². The van der Waals surface area contributed by atoms with Gasteiger partial charge in [0.1, 0.15) is 0 Å². The summed E-state index contributed by atoms with van der Waals surface area (Å²) in [6, 6.07) is 7.04. The van der Waals surface area contributed by atoms with Gasteiger partial charge >= 0.3 is 6.03 Å². The van der Waals surface area contributed by atoms with Crippen molar-refractivity contribution < 1.29 is 14.7 Å². The first-order valence-corrected chi connectivity index (χ1v) is 8.64. The van der Waals surface area contributed by atoms with Crippen molar-refractivity contribution in [2.24, 2.45) is 0 Å². The second-order valence-corrected chi connectivity index (χ2v) is 6.61. The van der Waals surface area contributed by atoms with Crippen LogP contribution in [0.2, 0.25) is 0 Å². The van der Waals surface area contributed by atoms with Crippen molar-refractivity contribution in [2.75, 3.05) is 19.3 Å². The molecule has 23 heavy (non-hydrogen) atoms. The van der Waals surface area contributed by atoms with Crippen molar-refractivity contribution in [1.82, 2.24) is 15.5 Å². The van der Waals surface area contributed by atoms with Crippen LogP contribution in [0, 0.1) is 0 Å². The van der Waals surface area contributed by atoms with Gasteiger partial charge in [0, 0.05) is 11.4 Å². The van der Waals surface area contributed by atoms with Crippen LogP contribution in [0.1, 0.15) is 18.5 Å². The molecule has 2 heterocycles. The minimum absolute atomic E-state index is 0.146. The van der Waals surface area contributed by atoms with Crippen molar-refractivity contribution in [3.8, 4) is 0 Å². The van der Waals surface area contributed by atoms with Gasteiger partial charge in [-0.3, -0.25) is 4.79 Å². The average Bonchev–Trinajstić information content (AvgIpc) is 2.82. The number of rotatable bonds is 4. The van der Waals surface area contributed by atoms with Crippen molar-refractivity contribution >= 4 is 23.7 Å². The summed E-state index contributed by atoms with van der Waals surface area (Å²) >= 11 is 1.64. The van der Waals surface area contributed by atoms with Crippen molar-refractivity contribution in [3.05, 3.63) is 41.1 Å². The predicted octanol–water partition coefficient (Wildman–Crippen LogP) is 1.24. The molecule has 0 bridgehead atoms. The van der Waals surface area contributed by atoms with Gasteiger partial charge in [0.15, 0.2) is 0 Å². The summed E-state index contributed by atoms with van der Waals surface area (Å²) in [6.07, 6.45) is 1.39. The standard InChI is InChI=1S/C16H19N3O3S/c1-9(20)7-19-8-12-13(15(19)21)14(18-16(22)17-12)10-3-5-11(23-2)6-4-10/h3-6,9,14,20H,7-8H2,1-2H3,(H2,17,18,22)/t9-,14+/m1/s1. The fourth-order valence-corrected chi connectivity index (χ4v) is 3.35. The normalized spacial score (nSPS) is 21.9. The van der Waals surface area contributed by atoms with Gasteiger partial charge in [-0.2, -0.15) is 0 Å². The maximum absolute atomic E-state index is 12.7. The third-order valence-electron chi connectivity index (χ3n) is 3.95. The molecular formula is C16H19N3O3S. The molecule has 0 radical (unpaired) electrons. The molecule has 1 aromatic carbocycles. The topological polar surface area (TPSA) is 81.7 Å². The largest absolute Gasteiger partial charge is 0.392 e. The molecule has 2 atom stereocenters. The predicted molar refractivity (Wildman–Crippen MR) is 87.9 cm³/mol. The summed E-state index contributed by atoms with van der Waals surface area (Å²) in [7, 11) is 0. The van der Waals surface area contributed by atoms with E-state index in [1.165, 1.54) is 0 Å². The summed E-state index contributed by atoms with van der Waals surface area (Å²) < 4.78 is 0. The maximum atomic E-state index is 12.7. The molecule has 0 saturated heterocycles. The molecule has 0 aliphatic carbocycles. The molecule has 0 unspecified atom stereocenters. The Morgan fingerprint density at radius 1 is 1.35 bits per heavy atom. The molecular weight excluding hydrogens is 314 g/mol. The number of nitrogens with one attached hydrogen (secondary N) is 2. The Labute approximate surface area is 138 Å². The average molecular weight is 333 g/mol. The summed E-state index contributed by atoms with van der Waals surface area (Å²) in [4.78, 5) is 27.2. The molecule has 0 fully saturated rings. The Bertz CT molecular complexity index is 670. The van der Waals surface area contributed by atoms with Gasteiger partial charge in [0.2, 0.25) is 0 Å². The number of carbonyl (C=O) groups excluding carboxylic acids is 2. The lowest BCUT2D eigenvalue weighted by Gasteiger charge is -2.25. The Morgan fingerprint density at radius 3 is 2.65 bits per heavy atom. The Hall–Kier alpha value is -1.99. The number of nitrogens with zero attached hydrogens (tertiary/aromatic N) is 1. The monoisotopic (exact) mass is 333 g/mol. The number of amides is 3. The van der Waals surface area contributed by atoms with Gasteiger partial charge in [-0.15, -0.1) is 11.8 Å². The third-order valence-corrected chi connectivity index (χ3v) is 4.70. The zero-order valence-corrected chi connectivity index (χ0v) is 13.8. The number of urea groups is 1. The van der Waals surface area contributed by atoms with Crippen LogP contribution in [0.5, 0.6) is 0 Å². The number of aliphatic hydroxyl groups excluding tert-OH is 1.